The summed E-state index contributed by atoms with van der Waals surface area (Å²) in [7, 11) is 0. The van der Waals surface area contributed by atoms with E-state index in [4.69, 9.17) is 9.73 Å². The van der Waals surface area contributed by atoms with Crippen molar-refractivity contribution >= 4 is 5.96 Å². The molecule has 0 saturated heterocycles. The number of benzene rings is 1. The molecule has 2 rings (SSSR count). The second-order valence-electron chi connectivity index (χ2n) is 6.17. The van der Waals surface area contributed by atoms with Gasteiger partial charge in [-0.25, -0.2) is 0 Å². The van der Waals surface area contributed by atoms with E-state index in [0.29, 0.717) is 0 Å². The fourth-order valence-corrected chi connectivity index (χ4v) is 2.73. The van der Waals surface area contributed by atoms with Gasteiger partial charge in [-0.1, -0.05) is 30.3 Å². The SMILES string of the molecule is CCNC(=NCC1(c2ccccc2)CC1)NCCCCOCC. The molecule has 0 unspecified atom stereocenters. The molecule has 128 valence electrons. The van der Waals surface area contributed by atoms with Crippen LogP contribution in [0.4, 0.5) is 0 Å². The number of hydrogen-bond acceptors (Lipinski definition) is 2. The van der Waals surface area contributed by atoms with E-state index >= 15 is 0 Å². The topological polar surface area (TPSA) is 45.7 Å². The lowest BCUT2D eigenvalue weighted by Gasteiger charge is -2.16. The molecule has 0 bridgehead atoms. The Bertz CT molecular complexity index is 469. The van der Waals surface area contributed by atoms with Crippen LogP contribution in [0.5, 0.6) is 0 Å². The van der Waals surface area contributed by atoms with Crippen LogP contribution in [0.25, 0.3) is 0 Å². The summed E-state index contributed by atoms with van der Waals surface area (Å²) in [5.41, 5.74) is 1.70. The summed E-state index contributed by atoms with van der Waals surface area (Å²) < 4.78 is 5.36. The normalized spacial score (nSPS) is 16.2. The average Bonchev–Trinajstić information content (AvgIpc) is 3.38. The Labute approximate surface area is 140 Å². The maximum absolute atomic E-state index is 5.36. The van der Waals surface area contributed by atoms with Crippen molar-refractivity contribution in [2.75, 3.05) is 32.8 Å². The quantitative estimate of drug-likeness (QED) is 0.396. The molecule has 0 aromatic heterocycles. The largest absolute Gasteiger partial charge is 0.382 e. The number of unbranched alkanes of at least 4 members (excludes halogenated alkanes) is 1. The van der Waals surface area contributed by atoms with E-state index in [-0.39, 0.29) is 5.41 Å². The van der Waals surface area contributed by atoms with Crippen LogP contribution in [0, 0.1) is 0 Å². The molecule has 0 atom stereocenters. The van der Waals surface area contributed by atoms with Crippen molar-refractivity contribution in [3.8, 4) is 0 Å². The van der Waals surface area contributed by atoms with Crippen molar-refractivity contribution in [2.24, 2.45) is 4.99 Å². The number of hydrogen-bond donors (Lipinski definition) is 2. The Kier molecular flexibility index (Phi) is 7.40. The van der Waals surface area contributed by atoms with Crippen LogP contribution in [0.3, 0.4) is 0 Å². The molecule has 0 amide bonds. The summed E-state index contributed by atoms with van der Waals surface area (Å²) in [6.07, 6.45) is 4.69. The fourth-order valence-electron chi connectivity index (χ4n) is 2.73. The Hall–Kier alpha value is -1.55. The summed E-state index contributed by atoms with van der Waals surface area (Å²) in [6, 6.07) is 10.8. The van der Waals surface area contributed by atoms with Crippen LogP contribution < -0.4 is 10.6 Å². The predicted molar refractivity (Wildman–Crippen MR) is 97.1 cm³/mol. The summed E-state index contributed by atoms with van der Waals surface area (Å²) in [5.74, 6) is 0.936. The minimum Gasteiger partial charge on any atom is -0.382 e. The summed E-state index contributed by atoms with van der Waals surface area (Å²) in [6.45, 7) is 8.50. The minimum absolute atomic E-state index is 0.276. The summed E-state index contributed by atoms with van der Waals surface area (Å²) in [5, 5.41) is 6.78. The zero-order chi connectivity index (χ0) is 16.4. The van der Waals surface area contributed by atoms with E-state index in [1.165, 1.54) is 18.4 Å². The lowest BCUT2D eigenvalue weighted by Crippen LogP contribution is -2.38. The lowest BCUT2D eigenvalue weighted by molar-refractivity contribution is 0.143. The van der Waals surface area contributed by atoms with Crippen molar-refractivity contribution in [3.05, 3.63) is 35.9 Å². The molecule has 4 nitrogen and oxygen atoms in total. The Balaban J connectivity index is 1.79. The maximum Gasteiger partial charge on any atom is 0.191 e. The Morgan fingerprint density at radius 1 is 1.13 bits per heavy atom. The first-order valence-corrected chi connectivity index (χ1v) is 8.96. The van der Waals surface area contributed by atoms with Gasteiger partial charge in [0.15, 0.2) is 5.96 Å². The molecular weight excluding hydrogens is 286 g/mol. The number of nitrogens with one attached hydrogen (secondary N) is 2. The smallest absolute Gasteiger partial charge is 0.191 e. The van der Waals surface area contributed by atoms with Crippen molar-refractivity contribution in [1.29, 1.82) is 0 Å². The summed E-state index contributed by atoms with van der Waals surface area (Å²) in [4.78, 5) is 4.82. The van der Waals surface area contributed by atoms with E-state index in [2.05, 4.69) is 47.9 Å². The van der Waals surface area contributed by atoms with Crippen LogP contribution in [0.2, 0.25) is 0 Å². The average molecular weight is 317 g/mol. The molecule has 0 heterocycles. The van der Waals surface area contributed by atoms with Gasteiger partial charge in [-0.15, -0.1) is 0 Å². The highest BCUT2D eigenvalue weighted by atomic mass is 16.5. The zero-order valence-corrected chi connectivity index (χ0v) is 14.6. The second kappa shape index (κ2) is 9.56. The molecular formula is C19H31N3O. The van der Waals surface area contributed by atoms with Crippen LogP contribution >= 0.6 is 0 Å². The third-order valence-electron chi connectivity index (χ3n) is 4.34. The number of guanidine groups is 1. The molecule has 1 fully saturated rings. The fraction of sp³-hybridized carbons (Fsp3) is 0.632. The molecule has 0 spiro atoms. The van der Waals surface area contributed by atoms with E-state index < -0.39 is 0 Å². The summed E-state index contributed by atoms with van der Waals surface area (Å²) >= 11 is 0. The molecule has 23 heavy (non-hydrogen) atoms. The van der Waals surface area contributed by atoms with Crippen molar-refractivity contribution in [1.82, 2.24) is 10.6 Å². The molecule has 4 heteroatoms. The first-order chi connectivity index (χ1) is 11.3. The predicted octanol–water partition coefficient (Wildman–Crippen LogP) is 3.09. The number of ether oxygens (including phenoxy) is 1. The third kappa shape index (κ3) is 5.87. The molecule has 1 saturated carbocycles. The van der Waals surface area contributed by atoms with Gasteiger partial charge in [-0.2, -0.15) is 0 Å². The van der Waals surface area contributed by atoms with E-state index in [1.807, 2.05) is 6.92 Å². The Morgan fingerprint density at radius 2 is 1.91 bits per heavy atom. The molecule has 1 aromatic carbocycles. The van der Waals surface area contributed by atoms with Crippen LogP contribution in [-0.4, -0.2) is 38.8 Å². The van der Waals surface area contributed by atoms with Crippen LogP contribution in [-0.2, 0) is 10.2 Å². The molecule has 2 N–H and O–H groups in total. The first-order valence-electron chi connectivity index (χ1n) is 8.96. The highest BCUT2D eigenvalue weighted by Crippen LogP contribution is 2.48. The van der Waals surface area contributed by atoms with Crippen LogP contribution in [0.15, 0.2) is 35.3 Å². The lowest BCUT2D eigenvalue weighted by atomic mass is 9.96. The van der Waals surface area contributed by atoms with Gasteiger partial charge < -0.3 is 15.4 Å². The van der Waals surface area contributed by atoms with Gasteiger partial charge in [0.2, 0.25) is 0 Å². The second-order valence-corrected chi connectivity index (χ2v) is 6.17. The van der Waals surface area contributed by atoms with E-state index in [9.17, 15) is 0 Å². The third-order valence-corrected chi connectivity index (χ3v) is 4.34. The van der Waals surface area contributed by atoms with Crippen LogP contribution in [0.1, 0.15) is 45.1 Å². The Morgan fingerprint density at radius 3 is 2.57 bits per heavy atom. The standard InChI is InChI=1S/C19H31N3O/c1-3-20-18(21-14-8-9-15-23-4-2)22-16-19(12-13-19)17-10-6-5-7-11-17/h5-7,10-11H,3-4,8-9,12-16H2,1-2H3,(H2,20,21,22). The van der Waals surface area contributed by atoms with E-state index in [0.717, 1.165) is 51.6 Å². The van der Waals surface area contributed by atoms with Gasteiger partial charge in [0.05, 0.1) is 6.54 Å². The van der Waals surface area contributed by atoms with Gasteiger partial charge >= 0.3 is 0 Å². The first kappa shape index (κ1) is 17.8. The molecule has 1 aromatic rings. The zero-order valence-electron chi connectivity index (χ0n) is 14.6. The number of nitrogens with zero attached hydrogens (tertiary/aromatic N) is 1. The maximum atomic E-state index is 5.36. The molecule has 0 radical (unpaired) electrons. The monoisotopic (exact) mass is 317 g/mol. The molecule has 1 aliphatic carbocycles. The van der Waals surface area contributed by atoms with Gasteiger partial charge in [-0.05, 0) is 45.1 Å². The minimum atomic E-state index is 0.276. The number of aliphatic imine (C=N–C) groups is 1. The van der Waals surface area contributed by atoms with E-state index in [1.54, 1.807) is 0 Å². The number of rotatable bonds is 10. The van der Waals surface area contributed by atoms with Crippen molar-refractivity contribution in [3.63, 3.8) is 0 Å². The van der Waals surface area contributed by atoms with Gasteiger partial charge in [-0.3, -0.25) is 4.99 Å². The molecule has 0 aliphatic heterocycles. The highest BCUT2D eigenvalue weighted by molar-refractivity contribution is 5.79. The van der Waals surface area contributed by atoms with Gasteiger partial charge in [0.1, 0.15) is 0 Å². The van der Waals surface area contributed by atoms with Gasteiger partial charge in [0, 0.05) is 31.7 Å². The van der Waals surface area contributed by atoms with Gasteiger partial charge in [0.25, 0.3) is 0 Å². The van der Waals surface area contributed by atoms with Crippen molar-refractivity contribution in [2.45, 2.75) is 44.9 Å². The highest BCUT2D eigenvalue weighted by Gasteiger charge is 2.43. The van der Waals surface area contributed by atoms with Crippen molar-refractivity contribution < 1.29 is 4.74 Å². The molecule has 1 aliphatic rings.